The van der Waals surface area contributed by atoms with E-state index in [9.17, 15) is 4.79 Å². The van der Waals surface area contributed by atoms with Gasteiger partial charge in [-0.2, -0.15) is 4.98 Å². The first-order valence-corrected chi connectivity index (χ1v) is 9.04. The number of nitrogens with one attached hydrogen (secondary N) is 1. The molecule has 2 atom stereocenters. The molecule has 1 amide bonds. The summed E-state index contributed by atoms with van der Waals surface area (Å²) in [6, 6.07) is 1.73. The molecule has 2 aromatic rings. The number of imidazole rings is 1. The molecule has 0 bridgehead atoms. The number of likely N-dealkylation sites (tertiary alicyclic amines) is 1. The second kappa shape index (κ2) is 6.93. The van der Waals surface area contributed by atoms with Gasteiger partial charge in [0.2, 0.25) is 17.7 Å². The third-order valence-corrected chi connectivity index (χ3v) is 5.34. The van der Waals surface area contributed by atoms with Crippen LogP contribution in [-0.4, -0.2) is 56.6 Å². The average Bonchev–Trinajstić information content (AvgIpc) is 3.19. The maximum atomic E-state index is 12.7. The number of ether oxygens (including phenoxy) is 1. The zero-order valence-corrected chi connectivity index (χ0v) is 15.1. The summed E-state index contributed by atoms with van der Waals surface area (Å²) in [4.78, 5) is 27.9. The highest BCUT2D eigenvalue weighted by molar-refractivity contribution is 5.80. The van der Waals surface area contributed by atoms with Crippen LogP contribution < -0.4 is 10.1 Å². The van der Waals surface area contributed by atoms with E-state index in [1.54, 1.807) is 25.7 Å². The van der Waals surface area contributed by atoms with E-state index >= 15 is 0 Å². The molecule has 0 radical (unpaired) electrons. The van der Waals surface area contributed by atoms with Gasteiger partial charge < -0.3 is 19.5 Å². The summed E-state index contributed by atoms with van der Waals surface area (Å²) in [7, 11) is 3.54. The van der Waals surface area contributed by atoms with E-state index < -0.39 is 0 Å². The number of nitrogens with zero attached hydrogens (tertiary/aromatic N) is 5. The zero-order valence-electron chi connectivity index (χ0n) is 15.1. The number of rotatable bonds is 5. The van der Waals surface area contributed by atoms with Crippen molar-refractivity contribution >= 4 is 11.9 Å². The normalized spacial score (nSPS) is 22.9. The van der Waals surface area contributed by atoms with Gasteiger partial charge in [0.25, 0.3) is 0 Å². The van der Waals surface area contributed by atoms with Crippen molar-refractivity contribution in [2.75, 3.05) is 25.5 Å². The van der Waals surface area contributed by atoms with Crippen molar-refractivity contribution in [3.8, 4) is 5.88 Å². The quantitative estimate of drug-likeness (QED) is 0.872. The molecule has 1 saturated heterocycles. The first-order valence-electron chi connectivity index (χ1n) is 9.04. The number of anilines is 1. The fourth-order valence-corrected chi connectivity index (χ4v) is 3.66. The molecule has 1 N–H and O–H groups in total. The van der Waals surface area contributed by atoms with Gasteiger partial charge in [-0.25, -0.2) is 9.97 Å². The molecule has 8 heteroatoms. The van der Waals surface area contributed by atoms with Crippen molar-refractivity contribution in [3.63, 3.8) is 0 Å². The first-order chi connectivity index (χ1) is 12.6. The molecule has 3 heterocycles. The minimum absolute atomic E-state index is 0.0148. The predicted molar refractivity (Wildman–Crippen MR) is 95.9 cm³/mol. The smallest absolute Gasteiger partial charge is 0.226 e. The van der Waals surface area contributed by atoms with Crippen molar-refractivity contribution in [2.45, 2.75) is 31.2 Å². The SMILES string of the molecule is COc1ccnc(N[C@@H]2CN(C(=O)C3CCC3)C[C@H]2c2cn(C)cn2)n1. The lowest BCUT2D eigenvalue weighted by atomic mass is 9.84. The van der Waals surface area contributed by atoms with Crippen LogP contribution in [-0.2, 0) is 11.8 Å². The lowest BCUT2D eigenvalue weighted by Crippen LogP contribution is -2.38. The van der Waals surface area contributed by atoms with E-state index in [-0.39, 0.29) is 23.8 Å². The number of carbonyl (C=O) groups is 1. The summed E-state index contributed by atoms with van der Waals surface area (Å²) in [6.07, 6.45) is 8.67. The van der Waals surface area contributed by atoms with E-state index in [1.807, 2.05) is 22.7 Å². The number of aromatic nitrogens is 4. The van der Waals surface area contributed by atoms with E-state index in [0.29, 0.717) is 24.9 Å². The van der Waals surface area contributed by atoms with Crippen LogP contribution in [0.3, 0.4) is 0 Å². The Morgan fingerprint density at radius 1 is 1.31 bits per heavy atom. The molecule has 0 unspecified atom stereocenters. The van der Waals surface area contributed by atoms with Crippen molar-refractivity contribution in [1.29, 1.82) is 0 Å². The average molecular weight is 356 g/mol. The Hall–Kier alpha value is -2.64. The highest BCUT2D eigenvalue weighted by atomic mass is 16.5. The molecule has 2 aliphatic rings. The van der Waals surface area contributed by atoms with Gasteiger partial charge in [0, 0.05) is 50.4 Å². The third kappa shape index (κ3) is 3.23. The van der Waals surface area contributed by atoms with Crippen molar-refractivity contribution < 1.29 is 9.53 Å². The molecular weight excluding hydrogens is 332 g/mol. The maximum Gasteiger partial charge on any atom is 0.226 e. The van der Waals surface area contributed by atoms with Crippen LogP contribution in [0.5, 0.6) is 5.88 Å². The second-order valence-electron chi connectivity index (χ2n) is 7.11. The Bertz CT molecular complexity index is 787. The Labute approximate surface area is 152 Å². The molecule has 8 nitrogen and oxygen atoms in total. The summed E-state index contributed by atoms with van der Waals surface area (Å²) >= 11 is 0. The zero-order chi connectivity index (χ0) is 18.1. The lowest BCUT2D eigenvalue weighted by Gasteiger charge is -2.29. The third-order valence-electron chi connectivity index (χ3n) is 5.34. The number of aryl methyl sites for hydroxylation is 1. The van der Waals surface area contributed by atoms with Gasteiger partial charge in [0.05, 0.1) is 25.2 Å². The van der Waals surface area contributed by atoms with Gasteiger partial charge >= 0.3 is 0 Å². The number of hydrogen-bond donors (Lipinski definition) is 1. The van der Waals surface area contributed by atoms with Crippen LogP contribution in [0.15, 0.2) is 24.8 Å². The molecule has 1 saturated carbocycles. The van der Waals surface area contributed by atoms with Gasteiger partial charge in [0.1, 0.15) is 0 Å². The van der Waals surface area contributed by atoms with Crippen molar-refractivity contribution in [1.82, 2.24) is 24.4 Å². The number of carbonyl (C=O) groups excluding carboxylic acids is 1. The molecule has 0 spiro atoms. The highest BCUT2D eigenvalue weighted by Gasteiger charge is 2.40. The lowest BCUT2D eigenvalue weighted by molar-refractivity contribution is -0.137. The Morgan fingerprint density at radius 2 is 2.15 bits per heavy atom. The molecule has 2 aromatic heterocycles. The van der Waals surface area contributed by atoms with Gasteiger partial charge in [-0.1, -0.05) is 6.42 Å². The number of hydrogen-bond acceptors (Lipinski definition) is 6. The van der Waals surface area contributed by atoms with Crippen LogP contribution >= 0.6 is 0 Å². The fraction of sp³-hybridized carbons (Fsp3) is 0.556. The van der Waals surface area contributed by atoms with E-state index in [1.165, 1.54) is 0 Å². The Balaban J connectivity index is 1.55. The summed E-state index contributed by atoms with van der Waals surface area (Å²) < 4.78 is 7.11. The highest BCUT2D eigenvalue weighted by Crippen LogP contribution is 2.34. The fourth-order valence-electron chi connectivity index (χ4n) is 3.66. The summed E-state index contributed by atoms with van der Waals surface area (Å²) in [5.74, 6) is 1.60. The van der Waals surface area contributed by atoms with Crippen LogP contribution in [0.2, 0.25) is 0 Å². The second-order valence-corrected chi connectivity index (χ2v) is 7.11. The maximum absolute atomic E-state index is 12.7. The topological polar surface area (TPSA) is 85.2 Å². The molecular formula is C18H24N6O2. The van der Waals surface area contributed by atoms with Crippen LogP contribution in [0.25, 0.3) is 0 Å². The standard InChI is InChI=1S/C18H24N6O2/c1-23-9-14(20-11-23)13-8-24(17(25)12-4-3-5-12)10-15(13)21-18-19-7-6-16(22-18)26-2/h6-7,9,11-13,15H,3-5,8,10H2,1-2H3,(H,19,21,22)/t13-,15+/m0/s1. The molecule has 4 rings (SSSR count). The largest absolute Gasteiger partial charge is 0.481 e. The number of methoxy groups -OCH3 is 1. The monoisotopic (exact) mass is 356 g/mol. The van der Waals surface area contributed by atoms with Gasteiger partial charge in [-0.3, -0.25) is 4.79 Å². The van der Waals surface area contributed by atoms with Crippen molar-refractivity contribution in [3.05, 3.63) is 30.5 Å². The van der Waals surface area contributed by atoms with Crippen LogP contribution in [0.1, 0.15) is 30.9 Å². The molecule has 1 aliphatic heterocycles. The van der Waals surface area contributed by atoms with E-state index in [0.717, 1.165) is 25.0 Å². The molecule has 2 fully saturated rings. The van der Waals surface area contributed by atoms with Gasteiger partial charge in [-0.15, -0.1) is 0 Å². The van der Waals surface area contributed by atoms with Crippen molar-refractivity contribution in [2.24, 2.45) is 13.0 Å². The van der Waals surface area contributed by atoms with E-state index in [4.69, 9.17) is 4.74 Å². The minimum atomic E-state index is 0.0148. The summed E-state index contributed by atoms with van der Waals surface area (Å²) in [5, 5.41) is 3.39. The predicted octanol–water partition coefficient (Wildman–Crippen LogP) is 1.43. The Kier molecular flexibility index (Phi) is 4.48. The minimum Gasteiger partial charge on any atom is -0.481 e. The molecule has 26 heavy (non-hydrogen) atoms. The molecule has 0 aromatic carbocycles. The van der Waals surface area contributed by atoms with E-state index in [2.05, 4.69) is 20.3 Å². The Morgan fingerprint density at radius 3 is 2.81 bits per heavy atom. The van der Waals surface area contributed by atoms with Gasteiger partial charge in [-0.05, 0) is 12.8 Å². The molecule has 1 aliphatic carbocycles. The van der Waals surface area contributed by atoms with Crippen LogP contribution in [0, 0.1) is 5.92 Å². The number of amides is 1. The molecule has 138 valence electrons. The summed E-state index contributed by atoms with van der Waals surface area (Å²) in [6.45, 7) is 1.31. The summed E-state index contributed by atoms with van der Waals surface area (Å²) in [5.41, 5.74) is 0.983. The first kappa shape index (κ1) is 16.8. The van der Waals surface area contributed by atoms with Gasteiger partial charge in [0.15, 0.2) is 0 Å². The van der Waals surface area contributed by atoms with Crippen LogP contribution in [0.4, 0.5) is 5.95 Å².